The quantitative estimate of drug-likeness (QED) is 0.831. The van der Waals surface area contributed by atoms with Crippen molar-refractivity contribution in [3.8, 4) is 11.5 Å². The number of Topliss-reactive ketones (excluding diaryl/α,β-unsaturated/α-hetero) is 1. The van der Waals surface area contributed by atoms with Gasteiger partial charge in [0, 0.05) is 11.3 Å². The molecule has 23 heavy (non-hydrogen) atoms. The number of methoxy groups -OCH3 is 1. The van der Waals surface area contributed by atoms with E-state index in [-0.39, 0.29) is 11.7 Å². The molecule has 0 heterocycles. The molecule has 120 valence electrons. The monoisotopic (exact) mass is 313 g/mol. The summed E-state index contributed by atoms with van der Waals surface area (Å²) in [6.45, 7) is 3.13. The first-order valence-electron chi connectivity index (χ1n) is 7.23. The molecule has 0 fully saturated rings. The van der Waals surface area contributed by atoms with Gasteiger partial charge in [0.2, 0.25) is 0 Å². The highest BCUT2D eigenvalue weighted by Gasteiger charge is 2.17. The van der Waals surface area contributed by atoms with E-state index in [1.54, 1.807) is 56.5 Å². The van der Waals surface area contributed by atoms with E-state index in [9.17, 15) is 9.59 Å². The molecular formula is C18H19NO4. The third-order valence-electron chi connectivity index (χ3n) is 3.28. The molecule has 0 saturated heterocycles. The molecule has 1 atom stereocenters. The van der Waals surface area contributed by atoms with Crippen molar-refractivity contribution in [1.82, 2.24) is 0 Å². The van der Waals surface area contributed by atoms with Crippen LogP contribution in [0.1, 0.15) is 24.2 Å². The first kappa shape index (κ1) is 16.5. The maximum absolute atomic E-state index is 12.2. The first-order chi connectivity index (χ1) is 11.0. The van der Waals surface area contributed by atoms with Gasteiger partial charge in [-0.2, -0.15) is 0 Å². The van der Waals surface area contributed by atoms with Gasteiger partial charge in [0.15, 0.2) is 23.4 Å². The number of hydrogen-bond acceptors (Lipinski definition) is 4. The molecule has 2 aromatic carbocycles. The zero-order valence-corrected chi connectivity index (χ0v) is 13.3. The number of anilines is 1. The fourth-order valence-electron chi connectivity index (χ4n) is 2.02. The van der Waals surface area contributed by atoms with Crippen molar-refractivity contribution < 1.29 is 19.1 Å². The smallest absolute Gasteiger partial charge is 0.265 e. The molecule has 1 amide bonds. The molecule has 0 aliphatic heterocycles. The van der Waals surface area contributed by atoms with Crippen molar-refractivity contribution in [2.24, 2.45) is 0 Å². The lowest BCUT2D eigenvalue weighted by Gasteiger charge is -2.16. The van der Waals surface area contributed by atoms with Gasteiger partial charge in [0.25, 0.3) is 5.91 Å². The van der Waals surface area contributed by atoms with Crippen molar-refractivity contribution in [2.45, 2.75) is 20.0 Å². The average Bonchev–Trinajstić information content (AvgIpc) is 2.55. The van der Waals surface area contributed by atoms with E-state index in [0.29, 0.717) is 22.7 Å². The van der Waals surface area contributed by atoms with Crippen LogP contribution in [0.2, 0.25) is 0 Å². The Balaban J connectivity index is 2.05. The van der Waals surface area contributed by atoms with Crippen LogP contribution in [0.5, 0.6) is 11.5 Å². The number of para-hydroxylation sites is 2. The summed E-state index contributed by atoms with van der Waals surface area (Å²) in [6.07, 6.45) is -0.715. The molecule has 0 unspecified atom stereocenters. The normalized spacial score (nSPS) is 11.4. The third kappa shape index (κ3) is 4.32. The van der Waals surface area contributed by atoms with Crippen molar-refractivity contribution in [3.05, 3.63) is 54.1 Å². The molecule has 1 N–H and O–H groups in total. The van der Waals surface area contributed by atoms with Gasteiger partial charge in [-0.15, -0.1) is 0 Å². The number of benzene rings is 2. The Morgan fingerprint density at radius 2 is 1.74 bits per heavy atom. The van der Waals surface area contributed by atoms with Crippen LogP contribution >= 0.6 is 0 Å². The number of hydrogen-bond donors (Lipinski definition) is 1. The Bertz CT molecular complexity index is 712. The molecule has 2 aromatic rings. The SMILES string of the molecule is COc1ccccc1O[C@@H](C)C(=O)Nc1cccc(C(C)=O)c1. The maximum Gasteiger partial charge on any atom is 0.265 e. The fraction of sp³-hybridized carbons (Fsp3) is 0.222. The van der Waals surface area contributed by atoms with Crippen LogP contribution in [-0.4, -0.2) is 24.9 Å². The van der Waals surface area contributed by atoms with Crippen LogP contribution in [0, 0.1) is 0 Å². The van der Waals surface area contributed by atoms with Gasteiger partial charge in [-0.3, -0.25) is 9.59 Å². The molecule has 0 radical (unpaired) electrons. The summed E-state index contributed by atoms with van der Waals surface area (Å²) in [5.41, 5.74) is 1.10. The number of carbonyl (C=O) groups is 2. The predicted molar refractivity (Wildman–Crippen MR) is 88.2 cm³/mol. The Morgan fingerprint density at radius 1 is 1.04 bits per heavy atom. The molecular weight excluding hydrogens is 294 g/mol. The Kier molecular flexibility index (Phi) is 5.36. The Labute approximate surface area is 135 Å². The van der Waals surface area contributed by atoms with E-state index in [1.165, 1.54) is 6.92 Å². The third-order valence-corrected chi connectivity index (χ3v) is 3.28. The van der Waals surface area contributed by atoms with Crippen molar-refractivity contribution in [3.63, 3.8) is 0 Å². The predicted octanol–water partition coefficient (Wildman–Crippen LogP) is 3.30. The lowest BCUT2D eigenvalue weighted by molar-refractivity contribution is -0.122. The zero-order valence-electron chi connectivity index (χ0n) is 13.3. The van der Waals surface area contributed by atoms with Crippen molar-refractivity contribution in [1.29, 1.82) is 0 Å². The molecule has 0 aromatic heterocycles. The summed E-state index contributed by atoms with van der Waals surface area (Å²) >= 11 is 0. The summed E-state index contributed by atoms with van der Waals surface area (Å²) in [5.74, 6) is 0.692. The van der Waals surface area contributed by atoms with Gasteiger partial charge < -0.3 is 14.8 Å². The van der Waals surface area contributed by atoms with Gasteiger partial charge in [-0.05, 0) is 38.1 Å². The van der Waals surface area contributed by atoms with E-state index >= 15 is 0 Å². The average molecular weight is 313 g/mol. The van der Waals surface area contributed by atoms with Crippen LogP contribution in [-0.2, 0) is 4.79 Å². The van der Waals surface area contributed by atoms with Crippen molar-refractivity contribution in [2.75, 3.05) is 12.4 Å². The molecule has 0 spiro atoms. The highest BCUT2D eigenvalue weighted by atomic mass is 16.5. The highest BCUT2D eigenvalue weighted by molar-refractivity contribution is 5.98. The fourth-order valence-corrected chi connectivity index (χ4v) is 2.02. The number of ketones is 1. The number of ether oxygens (including phenoxy) is 2. The maximum atomic E-state index is 12.2. The minimum atomic E-state index is -0.715. The van der Waals surface area contributed by atoms with Crippen LogP contribution in [0.4, 0.5) is 5.69 Å². The summed E-state index contributed by atoms with van der Waals surface area (Å²) in [4.78, 5) is 23.6. The summed E-state index contributed by atoms with van der Waals surface area (Å²) < 4.78 is 10.8. The zero-order chi connectivity index (χ0) is 16.8. The van der Waals surface area contributed by atoms with Gasteiger partial charge in [0.1, 0.15) is 0 Å². The first-order valence-corrected chi connectivity index (χ1v) is 7.23. The molecule has 2 rings (SSSR count). The number of nitrogens with one attached hydrogen (secondary N) is 1. The number of amides is 1. The lowest BCUT2D eigenvalue weighted by atomic mass is 10.1. The van der Waals surface area contributed by atoms with Crippen LogP contribution in [0.25, 0.3) is 0 Å². The minimum absolute atomic E-state index is 0.0561. The van der Waals surface area contributed by atoms with Crippen molar-refractivity contribution >= 4 is 17.4 Å². The Morgan fingerprint density at radius 3 is 2.39 bits per heavy atom. The van der Waals surface area contributed by atoms with Gasteiger partial charge in [-0.1, -0.05) is 24.3 Å². The van der Waals surface area contributed by atoms with E-state index in [1.807, 2.05) is 6.07 Å². The second-order valence-corrected chi connectivity index (χ2v) is 5.04. The van der Waals surface area contributed by atoms with E-state index in [0.717, 1.165) is 0 Å². The second kappa shape index (κ2) is 7.45. The number of rotatable bonds is 6. The van der Waals surface area contributed by atoms with Crippen LogP contribution in [0.3, 0.4) is 0 Å². The van der Waals surface area contributed by atoms with Crippen LogP contribution < -0.4 is 14.8 Å². The second-order valence-electron chi connectivity index (χ2n) is 5.04. The summed E-state index contributed by atoms with van der Waals surface area (Å²) in [6, 6.07) is 13.9. The molecule has 5 heteroatoms. The minimum Gasteiger partial charge on any atom is -0.493 e. The topological polar surface area (TPSA) is 64.6 Å². The van der Waals surface area contributed by atoms with E-state index < -0.39 is 6.10 Å². The van der Waals surface area contributed by atoms with E-state index in [2.05, 4.69) is 5.32 Å². The number of carbonyl (C=O) groups excluding carboxylic acids is 2. The molecule has 0 aliphatic rings. The van der Waals surface area contributed by atoms with Gasteiger partial charge >= 0.3 is 0 Å². The Hall–Kier alpha value is -2.82. The standard InChI is InChI=1S/C18H19NO4/c1-12(20)14-7-6-8-15(11-14)19-18(21)13(2)23-17-10-5-4-9-16(17)22-3/h4-11,13H,1-3H3,(H,19,21)/t13-/m0/s1. The molecule has 5 nitrogen and oxygen atoms in total. The summed E-state index contributed by atoms with van der Waals surface area (Å²) in [5, 5.41) is 2.74. The lowest BCUT2D eigenvalue weighted by Crippen LogP contribution is -2.30. The molecule has 0 bridgehead atoms. The van der Waals surface area contributed by atoms with Crippen LogP contribution in [0.15, 0.2) is 48.5 Å². The molecule has 0 aliphatic carbocycles. The molecule has 0 saturated carbocycles. The summed E-state index contributed by atoms with van der Waals surface area (Å²) in [7, 11) is 1.54. The highest BCUT2D eigenvalue weighted by Crippen LogP contribution is 2.27. The van der Waals surface area contributed by atoms with Gasteiger partial charge in [-0.25, -0.2) is 0 Å². The van der Waals surface area contributed by atoms with Gasteiger partial charge in [0.05, 0.1) is 7.11 Å². The largest absolute Gasteiger partial charge is 0.493 e. The van der Waals surface area contributed by atoms with E-state index in [4.69, 9.17) is 9.47 Å².